The van der Waals surface area contributed by atoms with Crippen LogP contribution in [0, 0.1) is 24.1 Å². The molecule has 4 rings (SSSR count). The van der Waals surface area contributed by atoms with E-state index in [-0.39, 0.29) is 22.8 Å². The molecule has 2 saturated heterocycles. The molecule has 254 valence electrons. The first kappa shape index (κ1) is 36.7. The van der Waals surface area contributed by atoms with E-state index in [0.717, 1.165) is 42.8 Å². The minimum atomic E-state index is -0.292. The van der Waals surface area contributed by atoms with Crippen molar-refractivity contribution in [2.45, 2.75) is 104 Å². The second-order valence-corrected chi connectivity index (χ2v) is 14.3. The Hall–Kier alpha value is -3.16. The second-order valence-electron chi connectivity index (χ2n) is 12.6. The van der Waals surface area contributed by atoms with Crippen LogP contribution in [0.1, 0.15) is 108 Å². The fraction of sp³-hybridized carbons (Fsp3) is 0.568. The second kappa shape index (κ2) is 18.4. The fourth-order valence-electron chi connectivity index (χ4n) is 6.42. The highest BCUT2D eigenvalue weighted by atomic mass is 32.2. The maximum Gasteiger partial charge on any atom is 0.270 e. The molecule has 1 amide bonds. The molecule has 0 aliphatic carbocycles. The molecule has 0 atom stereocenters. The Kier molecular flexibility index (Phi) is 14.4. The van der Waals surface area contributed by atoms with Gasteiger partial charge in [-0.1, -0.05) is 102 Å². The number of carbonyl (C=O) groups excluding carboxylic acids is 1. The Morgan fingerprint density at radius 3 is 2.02 bits per heavy atom. The summed E-state index contributed by atoms with van der Waals surface area (Å²) >= 11 is 6.98. The number of nitrogens with zero attached hydrogens (tertiary/aromatic N) is 5. The van der Waals surface area contributed by atoms with Gasteiger partial charge in [-0.3, -0.25) is 19.1 Å². The molecule has 0 bridgehead atoms. The van der Waals surface area contributed by atoms with Gasteiger partial charge in [0.25, 0.3) is 11.5 Å². The van der Waals surface area contributed by atoms with E-state index in [1.165, 1.54) is 75.3 Å². The van der Waals surface area contributed by atoms with Crippen LogP contribution in [-0.4, -0.2) is 52.4 Å². The first-order valence-corrected chi connectivity index (χ1v) is 18.7. The third kappa shape index (κ3) is 9.48. The highest BCUT2D eigenvalue weighted by Gasteiger charge is 2.33. The van der Waals surface area contributed by atoms with Crippen molar-refractivity contribution >= 4 is 51.8 Å². The van der Waals surface area contributed by atoms with E-state index in [1.807, 2.05) is 6.08 Å². The van der Waals surface area contributed by atoms with E-state index in [9.17, 15) is 19.2 Å². The van der Waals surface area contributed by atoms with Gasteiger partial charge < -0.3 is 9.80 Å². The van der Waals surface area contributed by atoms with Crippen LogP contribution in [0.15, 0.2) is 34.0 Å². The van der Waals surface area contributed by atoms with E-state index in [4.69, 9.17) is 12.2 Å². The molecule has 47 heavy (non-hydrogen) atoms. The van der Waals surface area contributed by atoms with Crippen LogP contribution in [0.3, 0.4) is 0 Å². The molecule has 0 radical (unpaired) electrons. The summed E-state index contributed by atoms with van der Waals surface area (Å²) in [7, 11) is 0. The van der Waals surface area contributed by atoms with Gasteiger partial charge in [0.05, 0.1) is 4.91 Å². The number of unbranched alkanes of at least 4 members (excludes halogenated alkanes) is 10. The quantitative estimate of drug-likeness (QED) is 0.0945. The third-order valence-corrected chi connectivity index (χ3v) is 10.6. The maximum atomic E-state index is 13.7. The van der Waals surface area contributed by atoms with Gasteiger partial charge in [0, 0.05) is 50.5 Å². The zero-order chi connectivity index (χ0) is 33.8. The van der Waals surface area contributed by atoms with Gasteiger partial charge in [-0.15, -0.1) is 0 Å². The average molecular weight is 680 g/mol. The van der Waals surface area contributed by atoms with Crippen molar-refractivity contribution in [2.24, 2.45) is 0 Å². The summed E-state index contributed by atoms with van der Waals surface area (Å²) in [5.74, 6) is 0.379. The van der Waals surface area contributed by atoms with E-state index in [0.29, 0.717) is 54.1 Å². The van der Waals surface area contributed by atoms with Crippen LogP contribution in [0.25, 0.3) is 6.08 Å². The molecule has 2 aromatic rings. The molecule has 1 aromatic heterocycles. The molecular formula is C37H50FN5O2S2. The predicted octanol–water partition coefficient (Wildman–Crippen LogP) is 8.42. The molecule has 0 N–H and O–H groups in total. The van der Waals surface area contributed by atoms with Crippen molar-refractivity contribution in [3.8, 4) is 6.07 Å². The number of nitriles is 1. The zero-order valence-corrected chi connectivity index (χ0v) is 30.0. The Bertz CT molecular complexity index is 1510. The van der Waals surface area contributed by atoms with Gasteiger partial charge in [-0.2, -0.15) is 5.26 Å². The van der Waals surface area contributed by atoms with Crippen LogP contribution in [0.2, 0.25) is 0 Å². The van der Waals surface area contributed by atoms with Gasteiger partial charge in [0.15, 0.2) is 0 Å². The molecule has 1 aromatic carbocycles. The van der Waals surface area contributed by atoms with Gasteiger partial charge in [0.2, 0.25) is 0 Å². The molecule has 2 aliphatic heterocycles. The summed E-state index contributed by atoms with van der Waals surface area (Å²) < 4.78 is 15.8. The van der Waals surface area contributed by atoms with Crippen LogP contribution < -0.4 is 15.4 Å². The first-order valence-electron chi connectivity index (χ1n) is 17.5. The molecule has 3 heterocycles. The van der Waals surface area contributed by atoms with Crippen molar-refractivity contribution in [1.82, 2.24) is 9.47 Å². The molecule has 10 heteroatoms. The van der Waals surface area contributed by atoms with Gasteiger partial charge in [-0.25, -0.2) is 4.39 Å². The molecule has 0 spiro atoms. The number of piperazine rings is 1. The minimum absolute atomic E-state index is 0.104. The fourth-order valence-corrected chi connectivity index (χ4v) is 7.71. The van der Waals surface area contributed by atoms with Gasteiger partial charge in [0.1, 0.15) is 27.6 Å². The Morgan fingerprint density at radius 1 is 0.851 bits per heavy atom. The summed E-state index contributed by atoms with van der Waals surface area (Å²) in [6, 6.07) is 8.67. The highest BCUT2D eigenvalue weighted by molar-refractivity contribution is 8.26. The number of pyridine rings is 1. The monoisotopic (exact) mass is 679 g/mol. The number of halogens is 1. The number of aromatic nitrogens is 1. The van der Waals surface area contributed by atoms with E-state index in [1.54, 1.807) is 28.5 Å². The summed E-state index contributed by atoms with van der Waals surface area (Å²) in [6.45, 7) is 9.86. The predicted molar refractivity (Wildman–Crippen MR) is 198 cm³/mol. The van der Waals surface area contributed by atoms with E-state index < -0.39 is 0 Å². The lowest BCUT2D eigenvalue weighted by molar-refractivity contribution is -0.122. The normalized spacial score (nSPS) is 16.1. The van der Waals surface area contributed by atoms with Crippen molar-refractivity contribution in [3.63, 3.8) is 0 Å². The van der Waals surface area contributed by atoms with Gasteiger partial charge >= 0.3 is 0 Å². The van der Waals surface area contributed by atoms with E-state index >= 15 is 0 Å². The Balaban J connectivity index is 1.52. The SMILES string of the molecule is CCCCCCCCCCCCN1C(=O)C(=Cc2c(C)c(C#N)c(=O)n(CCCC)c2N2CCN(c3ccc(F)cc3)CC2)SC1=S. The number of rotatable bonds is 17. The van der Waals surface area contributed by atoms with Crippen LogP contribution >= 0.6 is 24.0 Å². The van der Waals surface area contributed by atoms with E-state index in [2.05, 4.69) is 29.7 Å². The van der Waals surface area contributed by atoms with Crippen LogP contribution in [0.5, 0.6) is 0 Å². The van der Waals surface area contributed by atoms with Crippen molar-refractivity contribution in [3.05, 3.63) is 62.0 Å². The summed E-state index contributed by atoms with van der Waals surface area (Å²) in [6.07, 6.45) is 15.8. The Morgan fingerprint density at radius 2 is 1.43 bits per heavy atom. The molecular weight excluding hydrogens is 630 g/mol. The summed E-state index contributed by atoms with van der Waals surface area (Å²) in [5, 5.41) is 10.0. The molecule has 0 saturated carbocycles. The van der Waals surface area contributed by atoms with Crippen molar-refractivity contribution < 1.29 is 9.18 Å². The number of benzene rings is 1. The lowest BCUT2D eigenvalue weighted by atomic mass is 10.0. The topological polar surface area (TPSA) is 72.6 Å². The minimum Gasteiger partial charge on any atom is -0.368 e. The molecule has 0 unspecified atom stereocenters. The molecule has 2 aliphatic rings. The summed E-state index contributed by atoms with van der Waals surface area (Å²) in [5.41, 5.74) is 2.09. The number of hydrogen-bond donors (Lipinski definition) is 0. The number of carbonyl (C=O) groups is 1. The summed E-state index contributed by atoms with van der Waals surface area (Å²) in [4.78, 5) is 34.0. The molecule has 7 nitrogen and oxygen atoms in total. The number of thiocarbonyl (C=S) groups is 1. The first-order chi connectivity index (χ1) is 22.8. The van der Waals surface area contributed by atoms with Crippen LogP contribution in [0.4, 0.5) is 15.9 Å². The smallest absolute Gasteiger partial charge is 0.270 e. The number of hydrogen-bond acceptors (Lipinski definition) is 7. The van der Waals surface area contributed by atoms with Crippen LogP contribution in [-0.2, 0) is 11.3 Å². The third-order valence-electron chi connectivity index (χ3n) is 9.24. The van der Waals surface area contributed by atoms with Gasteiger partial charge in [-0.05, 0) is 55.7 Å². The lowest BCUT2D eigenvalue weighted by Crippen LogP contribution is -2.48. The molecule has 2 fully saturated rings. The number of thioether (sulfide) groups is 1. The zero-order valence-electron chi connectivity index (χ0n) is 28.4. The lowest BCUT2D eigenvalue weighted by Gasteiger charge is -2.39. The number of anilines is 2. The average Bonchev–Trinajstić information content (AvgIpc) is 3.34. The largest absolute Gasteiger partial charge is 0.368 e. The standard InChI is InChI=1S/C37H50FN5O2S2/c1-4-6-8-9-10-11-12-13-14-15-21-43-36(45)33(47-37(43)46)26-31-28(3)32(27-39)35(44)42(20-7-5-2)34(31)41-24-22-40(23-25-41)30-18-16-29(38)17-19-30/h16-19,26H,4-15,20-25H2,1-3H3. The van der Waals surface area contributed by atoms with Crippen molar-refractivity contribution in [2.75, 3.05) is 42.5 Å². The maximum absolute atomic E-state index is 13.7. The number of amides is 1. The Labute approximate surface area is 289 Å². The highest BCUT2D eigenvalue weighted by Crippen LogP contribution is 2.36. The van der Waals surface area contributed by atoms with Crippen molar-refractivity contribution in [1.29, 1.82) is 5.26 Å².